The van der Waals surface area contributed by atoms with Crippen molar-refractivity contribution in [2.24, 2.45) is 0 Å². The zero-order valence-electron chi connectivity index (χ0n) is 16.9. The van der Waals surface area contributed by atoms with Crippen molar-refractivity contribution in [1.29, 1.82) is 0 Å². The Kier molecular flexibility index (Phi) is 5.47. The zero-order valence-corrected chi connectivity index (χ0v) is 18.6. The summed E-state index contributed by atoms with van der Waals surface area (Å²) in [7, 11) is -1.16. The Morgan fingerprint density at radius 2 is 1.68 bits per heavy atom. The van der Waals surface area contributed by atoms with Gasteiger partial charge in [0.05, 0.1) is 22.2 Å². The Bertz CT molecular complexity index is 864. The molecule has 0 N–H and O–H groups in total. The molecule has 0 saturated carbocycles. The molecule has 5 heteroatoms. The van der Waals surface area contributed by atoms with Crippen LogP contribution in [0.15, 0.2) is 58.3 Å². The van der Waals surface area contributed by atoms with E-state index in [1.165, 1.54) is 16.0 Å². The Labute approximate surface area is 174 Å². The van der Waals surface area contributed by atoms with E-state index in [-0.39, 0.29) is 11.4 Å². The third-order valence-electron chi connectivity index (χ3n) is 5.78. The number of hydrogen-bond donors (Lipinski definition) is 0. The topological polar surface area (TPSA) is 35.5 Å². The van der Waals surface area contributed by atoms with Gasteiger partial charge in [-0.3, -0.25) is 4.21 Å². The second-order valence-electron chi connectivity index (χ2n) is 8.00. The largest absolute Gasteiger partial charge is 0.342 e. The number of aryl methyl sites for hydroxylation is 2. The van der Waals surface area contributed by atoms with Crippen molar-refractivity contribution in [1.82, 2.24) is 0 Å². The van der Waals surface area contributed by atoms with Crippen LogP contribution < -0.4 is 0 Å². The standard InChI is InChI=1S/C23H28O3S2/c1-5-20-23(27-18-10-6-16(2)7-11-18)15-14-21(22(4,25-20)26-23)28(24)19-12-8-17(3)9-13-19/h6-13,20-21H,5,14-15H2,1-4H3/t20-,21+,22+,23+,28+/m1/s1. The van der Waals surface area contributed by atoms with E-state index in [0.29, 0.717) is 0 Å². The second-order valence-corrected chi connectivity index (χ2v) is 11.0. The van der Waals surface area contributed by atoms with E-state index in [1.54, 1.807) is 11.8 Å². The molecule has 0 aromatic heterocycles. The van der Waals surface area contributed by atoms with E-state index in [4.69, 9.17) is 9.47 Å². The van der Waals surface area contributed by atoms with E-state index in [9.17, 15) is 4.21 Å². The van der Waals surface area contributed by atoms with Crippen LogP contribution >= 0.6 is 11.8 Å². The molecular formula is C23H28O3S2. The number of benzene rings is 2. The highest BCUT2D eigenvalue weighted by Gasteiger charge is 2.62. The summed E-state index contributed by atoms with van der Waals surface area (Å²) in [6.45, 7) is 8.25. The van der Waals surface area contributed by atoms with Gasteiger partial charge in [-0.2, -0.15) is 0 Å². The van der Waals surface area contributed by atoms with Gasteiger partial charge in [-0.05, 0) is 64.3 Å². The first-order chi connectivity index (χ1) is 13.3. The van der Waals surface area contributed by atoms with Crippen molar-refractivity contribution in [2.45, 2.75) is 78.8 Å². The van der Waals surface area contributed by atoms with Gasteiger partial charge in [-0.15, -0.1) is 0 Å². The summed E-state index contributed by atoms with van der Waals surface area (Å²) in [6, 6.07) is 16.5. The van der Waals surface area contributed by atoms with Crippen molar-refractivity contribution in [3.05, 3.63) is 59.7 Å². The first-order valence-corrected chi connectivity index (χ1v) is 12.0. The number of fused-ring (bicyclic) bond motifs is 2. The Morgan fingerprint density at radius 3 is 2.29 bits per heavy atom. The van der Waals surface area contributed by atoms with Crippen LogP contribution in [0.1, 0.15) is 44.2 Å². The van der Waals surface area contributed by atoms with Crippen LogP contribution in [0, 0.1) is 13.8 Å². The lowest BCUT2D eigenvalue weighted by Crippen LogP contribution is -2.49. The minimum atomic E-state index is -1.16. The van der Waals surface area contributed by atoms with Crippen molar-refractivity contribution >= 4 is 22.6 Å². The van der Waals surface area contributed by atoms with E-state index >= 15 is 0 Å². The summed E-state index contributed by atoms with van der Waals surface area (Å²) < 4.78 is 26.4. The van der Waals surface area contributed by atoms with Crippen LogP contribution in [-0.4, -0.2) is 26.3 Å². The highest BCUT2D eigenvalue weighted by molar-refractivity contribution is 8.00. The van der Waals surface area contributed by atoms with Gasteiger partial charge in [0.25, 0.3) is 0 Å². The first kappa shape index (κ1) is 20.1. The Morgan fingerprint density at radius 1 is 1.07 bits per heavy atom. The van der Waals surface area contributed by atoms with Gasteiger partial charge in [0.15, 0.2) is 5.79 Å². The maximum Gasteiger partial charge on any atom is 0.182 e. The molecule has 2 aromatic rings. The van der Waals surface area contributed by atoms with Gasteiger partial charge in [0, 0.05) is 9.79 Å². The molecule has 5 atom stereocenters. The fourth-order valence-electron chi connectivity index (χ4n) is 4.23. The predicted molar refractivity (Wildman–Crippen MR) is 115 cm³/mol. The highest BCUT2D eigenvalue weighted by Crippen LogP contribution is 2.56. The number of hydrogen-bond acceptors (Lipinski definition) is 4. The summed E-state index contributed by atoms with van der Waals surface area (Å²) in [5.74, 6) is -0.827. The van der Waals surface area contributed by atoms with Crippen molar-refractivity contribution in [3.8, 4) is 0 Å². The fourth-order valence-corrected chi connectivity index (χ4v) is 7.23. The molecule has 0 unspecified atom stereocenters. The molecule has 0 radical (unpaired) electrons. The Hall–Kier alpha value is -1.14. The first-order valence-electron chi connectivity index (χ1n) is 9.96. The molecule has 2 aliphatic rings. The molecule has 2 heterocycles. The molecule has 28 heavy (non-hydrogen) atoms. The number of thioether (sulfide) groups is 1. The molecular weight excluding hydrogens is 388 g/mol. The molecule has 0 amide bonds. The van der Waals surface area contributed by atoms with Gasteiger partial charge < -0.3 is 9.47 Å². The summed E-state index contributed by atoms with van der Waals surface area (Å²) in [6.07, 6.45) is 2.52. The van der Waals surface area contributed by atoms with Crippen LogP contribution in [0.2, 0.25) is 0 Å². The van der Waals surface area contributed by atoms with Gasteiger partial charge in [0.1, 0.15) is 4.93 Å². The van der Waals surface area contributed by atoms with Gasteiger partial charge in [0.2, 0.25) is 0 Å². The quantitative estimate of drug-likeness (QED) is 0.635. The van der Waals surface area contributed by atoms with Crippen molar-refractivity contribution in [3.63, 3.8) is 0 Å². The van der Waals surface area contributed by atoms with E-state index < -0.39 is 21.5 Å². The minimum absolute atomic E-state index is 0.0104. The zero-order chi connectivity index (χ0) is 19.9. The molecule has 2 aliphatic heterocycles. The maximum absolute atomic E-state index is 13.3. The normalized spacial score (nSPS) is 33.0. The van der Waals surface area contributed by atoms with Crippen LogP contribution in [0.3, 0.4) is 0 Å². The third-order valence-corrected chi connectivity index (χ3v) is 9.10. The molecule has 0 spiro atoms. The van der Waals surface area contributed by atoms with Gasteiger partial charge in [-0.1, -0.05) is 54.1 Å². The molecule has 2 fully saturated rings. The predicted octanol–water partition coefficient (Wildman–Crippen LogP) is 5.60. The van der Waals surface area contributed by atoms with Crippen LogP contribution in [0.5, 0.6) is 0 Å². The molecule has 4 rings (SSSR count). The van der Waals surface area contributed by atoms with Crippen molar-refractivity contribution in [2.75, 3.05) is 0 Å². The van der Waals surface area contributed by atoms with Crippen molar-refractivity contribution < 1.29 is 13.7 Å². The smallest absolute Gasteiger partial charge is 0.182 e. The molecule has 2 bridgehead atoms. The van der Waals surface area contributed by atoms with E-state index in [0.717, 1.165) is 24.2 Å². The lowest BCUT2D eigenvalue weighted by Gasteiger charge is -2.40. The average Bonchev–Trinajstić information content (AvgIpc) is 2.90. The summed E-state index contributed by atoms with van der Waals surface area (Å²) in [5, 5.41) is -0.168. The second kappa shape index (κ2) is 7.60. The summed E-state index contributed by atoms with van der Waals surface area (Å²) >= 11 is 1.76. The van der Waals surface area contributed by atoms with Crippen LogP contribution in [0.4, 0.5) is 0 Å². The van der Waals surface area contributed by atoms with Crippen LogP contribution in [-0.2, 0) is 20.3 Å². The summed E-state index contributed by atoms with van der Waals surface area (Å²) in [4.78, 5) is 1.63. The molecule has 2 saturated heterocycles. The molecule has 0 aliphatic carbocycles. The SMILES string of the molecule is CC[C@H]1O[C@@]2(C)O[C@]1(Sc1ccc(C)cc1)CC[C@@H]2[S@@](=O)c1ccc(C)cc1. The summed E-state index contributed by atoms with van der Waals surface area (Å²) in [5.41, 5.74) is 2.42. The monoisotopic (exact) mass is 416 g/mol. The third kappa shape index (κ3) is 3.58. The minimum Gasteiger partial charge on any atom is -0.342 e. The molecule has 2 aromatic carbocycles. The van der Waals surface area contributed by atoms with Gasteiger partial charge >= 0.3 is 0 Å². The lowest BCUT2D eigenvalue weighted by atomic mass is 10.0. The molecule has 3 nitrogen and oxygen atoms in total. The number of ether oxygens (including phenoxy) is 2. The average molecular weight is 417 g/mol. The highest BCUT2D eigenvalue weighted by atomic mass is 32.2. The van der Waals surface area contributed by atoms with Gasteiger partial charge in [-0.25, -0.2) is 0 Å². The van der Waals surface area contributed by atoms with E-state index in [1.807, 2.05) is 38.1 Å². The Balaban J connectivity index is 1.60. The molecule has 150 valence electrons. The van der Waals surface area contributed by atoms with E-state index in [2.05, 4.69) is 38.1 Å². The van der Waals surface area contributed by atoms with Crippen LogP contribution in [0.25, 0.3) is 0 Å². The fraction of sp³-hybridized carbons (Fsp3) is 0.478. The maximum atomic E-state index is 13.3. The number of rotatable bonds is 5. The lowest BCUT2D eigenvalue weighted by molar-refractivity contribution is -0.180.